The van der Waals surface area contributed by atoms with E-state index in [4.69, 9.17) is 0 Å². The van der Waals surface area contributed by atoms with E-state index in [1.165, 1.54) is 16.7 Å². The molecule has 2 rings (SSSR count). The third kappa shape index (κ3) is 5.44. The van der Waals surface area contributed by atoms with Gasteiger partial charge in [-0.15, -0.1) is 0 Å². The Bertz CT molecular complexity index is 634. The largest absolute Gasteiger partial charge is 0.338 e. The molecule has 1 unspecified atom stereocenters. The van der Waals surface area contributed by atoms with E-state index in [1.54, 1.807) is 0 Å². The minimum absolute atomic E-state index is 0.000115. The highest BCUT2D eigenvalue weighted by molar-refractivity contribution is 5.74. The smallest absolute Gasteiger partial charge is 0.315 e. The van der Waals surface area contributed by atoms with Gasteiger partial charge in [-0.05, 0) is 43.4 Å². The van der Waals surface area contributed by atoms with Crippen LogP contribution in [0.25, 0.3) is 0 Å². The fourth-order valence-corrected chi connectivity index (χ4v) is 2.56. The summed E-state index contributed by atoms with van der Waals surface area (Å²) in [6, 6.07) is 16.6. The van der Waals surface area contributed by atoms with Gasteiger partial charge in [-0.1, -0.05) is 61.0 Å². The highest BCUT2D eigenvalue weighted by Gasteiger charge is 2.08. The van der Waals surface area contributed by atoms with Crippen LogP contribution in [0, 0.1) is 6.92 Å². The van der Waals surface area contributed by atoms with E-state index in [2.05, 4.69) is 66.9 Å². The Kier molecular flexibility index (Phi) is 6.21. The Balaban J connectivity index is 1.77. The first kappa shape index (κ1) is 17.1. The highest BCUT2D eigenvalue weighted by atomic mass is 16.2. The lowest BCUT2D eigenvalue weighted by Crippen LogP contribution is -2.38. The number of amides is 2. The lowest BCUT2D eigenvalue weighted by atomic mass is 10.1. The van der Waals surface area contributed by atoms with Crippen molar-refractivity contribution in [2.45, 2.75) is 39.7 Å². The summed E-state index contributed by atoms with van der Waals surface area (Å²) in [6.07, 6.45) is 1.87. The van der Waals surface area contributed by atoms with E-state index in [1.807, 2.05) is 13.0 Å². The molecular weight excluding hydrogens is 284 g/mol. The zero-order valence-corrected chi connectivity index (χ0v) is 14.2. The predicted octanol–water partition coefficient (Wildman–Crippen LogP) is 4.16. The Hall–Kier alpha value is -2.29. The lowest BCUT2D eigenvalue weighted by Gasteiger charge is -2.15. The molecule has 0 bridgehead atoms. The van der Waals surface area contributed by atoms with E-state index in [0.717, 1.165) is 18.4 Å². The average molecular weight is 310 g/mol. The van der Waals surface area contributed by atoms with Crippen molar-refractivity contribution in [3.63, 3.8) is 0 Å². The Labute approximate surface area is 139 Å². The van der Waals surface area contributed by atoms with E-state index in [9.17, 15) is 4.79 Å². The van der Waals surface area contributed by atoms with Crippen molar-refractivity contribution < 1.29 is 4.79 Å². The predicted molar refractivity (Wildman–Crippen MR) is 95.7 cm³/mol. The second kappa shape index (κ2) is 8.37. The van der Waals surface area contributed by atoms with Gasteiger partial charge in [0.25, 0.3) is 0 Å². The van der Waals surface area contributed by atoms with E-state index in [0.29, 0.717) is 6.54 Å². The molecule has 0 aliphatic heterocycles. The maximum Gasteiger partial charge on any atom is 0.315 e. The molecule has 23 heavy (non-hydrogen) atoms. The van der Waals surface area contributed by atoms with Crippen LogP contribution in [0.5, 0.6) is 0 Å². The molecule has 3 heteroatoms. The molecule has 0 aliphatic rings. The van der Waals surface area contributed by atoms with Gasteiger partial charge in [0, 0.05) is 6.54 Å². The first-order valence-electron chi connectivity index (χ1n) is 8.27. The van der Waals surface area contributed by atoms with Crippen molar-refractivity contribution in [2.75, 3.05) is 6.54 Å². The minimum atomic E-state index is -0.121. The molecule has 0 aromatic heterocycles. The quantitative estimate of drug-likeness (QED) is 0.826. The second-order valence-electron chi connectivity index (χ2n) is 5.96. The van der Waals surface area contributed by atoms with Gasteiger partial charge in [0.05, 0.1) is 6.04 Å². The highest BCUT2D eigenvalue weighted by Crippen LogP contribution is 2.13. The summed E-state index contributed by atoms with van der Waals surface area (Å²) < 4.78 is 0. The Morgan fingerprint density at radius 1 is 1.09 bits per heavy atom. The molecule has 0 spiro atoms. The molecule has 2 N–H and O–H groups in total. The third-order valence-electron chi connectivity index (χ3n) is 4.02. The van der Waals surface area contributed by atoms with Crippen LogP contribution in [0.3, 0.4) is 0 Å². The van der Waals surface area contributed by atoms with Crippen LogP contribution in [0.2, 0.25) is 0 Å². The molecule has 0 aliphatic carbocycles. The number of carbonyl (C=O) groups is 1. The molecule has 0 saturated heterocycles. The van der Waals surface area contributed by atoms with Crippen molar-refractivity contribution in [1.29, 1.82) is 0 Å². The summed E-state index contributed by atoms with van der Waals surface area (Å²) in [6.45, 7) is 6.85. The van der Waals surface area contributed by atoms with Crippen molar-refractivity contribution in [3.8, 4) is 0 Å². The summed E-state index contributed by atoms with van der Waals surface area (Å²) >= 11 is 0. The van der Waals surface area contributed by atoms with E-state index in [-0.39, 0.29) is 12.1 Å². The molecule has 0 fully saturated rings. The summed E-state index contributed by atoms with van der Waals surface area (Å²) in [5.74, 6) is 0. The number of urea groups is 1. The molecular formula is C20H26N2O. The van der Waals surface area contributed by atoms with Gasteiger partial charge in [-0.25, -0.2) is 4.79 Å². The summed E-state index contributed by atoms with van der Waals surface area (Å²) in [5, 5.41) is 5.91. The van der Waals surface area contributed by atoms with Crippen molar-refractivity contribution in [2.24, 2.45) is 0 Å². The van der Waals surface area contributed by atoms with Crippen molar-refractivity contribution in [1.82, 2.24) is 10.6 Å². The number of nitrogens with one attached hydrogen (secondary N) is 2. The van der Waals surface area contributed by atoms with Crippen LogP contribution in [0.1, 0.15) is 42.1 Å². The summed E-state index contributed by atoms with van der Waals surface area (Å²) in [5.41, 5.74) is 4.92. The van der Waals surface area contributed by atoms with Crippen LogP contribution in [0.4, 0.5) is 4.79 Å². The fraction of sp³-hybridized carbons (Fsp3) is 0.350. The maximum atomic E-state index is 12.0. The number of hydrogen-bond acceptors (Lipinski definition) is 1. The Morgan fingerprint density at radius 2 is 1.83 bits per heavy atom. The Morgan fingerprint density at radius 3 is 2.48 bits per heavy atom. The SMILES string of the molecule is CCc1ccc(C(C)NC(=O)NCCc2cccc(C)c2)cc1. The van der Waals surface area contributed by atoms with Crippen LogP contribution >= 0.6 is 0 Å². The number of hydrogen-bond donors (Lipinski definition) is 2. The van der Waals surface area contributed by atoms with Crippen molar-refractivity contribution >= 4 is 6.03 Å². The second-order valence-corrected chi connectivity index (χ2v) is 5.96. The molecule has 2 aromatic rings. The standard InChI is InChI=1S/C20H26N2O/c1-4-17-8-10-19(11-9-17)16(3)22-20(23)21-13-12-18-7-5-6-15(2)14-18/h5-11,14,16H,4,12-13H2,1-3H3,(H2,21,22,23). The van der Waals surface area contributed by atoms with E-state index < -0.39 is 0 Å². The fourth-order valence-electron chi connectivity index (χ4n) is 2.56. The molecule has 2 aromatic carbocycles. The molecule has 2 amide bonds. The molecule has 0 heterocycles. The normalized spacial score (nSPS) is 11.8. The zero-order chi connectivity index (χ0) is 16.7. The lowest BCUT2D eigenvalue weighted by molar-refractivity contribution is 0.238. The van der Waals surface area contributed by atoms with E-state index >= 15 is 0 Å². The maximum absolute atomic E-state index is 12.0. The molecule has 0 radical (unpaired) electrons. The summed E-state index contributed by atoms with van der Waals surface area (Å²) in [7, 11) is 0. The van der Waals surface area contributed by atoms with Crippen molar-refractivity contribution in [3.05, 3.63) is 70.8 Å². The van der Waals surface area contributed by atoms with Gasteiger partial charge >= 0.3 is 6.03 Å². The molecule has 1 atom stereocenters. The molecule has 122 valence electrons. The van der Waals surface area contributed by atoms with Crippen LogP contribution in [0.15, 0.2) is 48.5 Å². The monoisotopic (exact) mass is 310 g/mol. The van der Waals surface area contributed by atoms with Gasteiger partial charge in [0.15, 0.2) is 0 Å². The summed E-state index contributed by atoms with van der Waals surface area (Å²) in [4.78, 5) is 12.0. The number of aryl methyl sites for hydroxylation is 2. The van der Waals surface area contributed by atoms with Gasteiger partial charge in [0.1, 0.15) is 0 Å². The first-order valence-corrected chi connectivity index (χ1v) is 8.27. The van der Waals surface area contributed by atoms with Crippen LogP contribution in [-0.2, 0) is 12.8 Å². The van der Waals surface area contributed by atoms with Gasteiger partial charge in [-0.3, -0.25) is 0 Å². The number of carbonyl (C=O) groups excluding carboxylic acids is 1. The van der Waals surface area contributed by atoms with Gasteiger partial charge in [-0.2, -0.15) is 0 Å². The van der Waals surface area contributed by atoms with Gasteiger partial charge < -0.3 is 10.6 Å². The van der Waals surface area contributed by atoms with Crippen LogP contribution < -0.4 is 10.6 Å². The first-order chi connectivity index (χ1) is 11.1. The molecule has 3 nitrogen and oxygen atoms in total. The third-order valence-corrected chi connectivity index (χ3v) is 4.02. The molecule has 0 saturated carbocycles. The minimum Gasteiger partial charge on any atom is -0.338 e. The topological polar surface area (TPSA) is 41.1 Å². The zero-order valence-electron chi connectivity index (χ0n) is 14.2. The number of rotatable bonds is 6. The van der Waals surface area contributed by atoms with Gasteiger partial charge in [0.2, 0.25) is 0 Å². The number of benzene rings is 2. The average Bonchev–Trinajstić information content (AvgIpc) is 2.55. The van der Waals surface area contributed by atoms with Crippen LogP contribution in [-0.4, -0.2) is 12.6 Å².